The van der Waals surface area contributed by atoms with Crippen molar-refractivity contribution in [1.82, 2.24) is 0 Å². The van der Waals surface area contributed by atoms with E-state index in [0.717, 1.165) is 39.0 Å². The maximum Gasteiger partial charge on any atom is 0.135 e. The van der Waals surface area contributed by atoms with Crippen molar-refractivity contribution in [1.29, 1.82) is 0 Å². The molecule has 0 radical (unpaired) electrons. The van der Waals surface area contributed by atoms with Gasteiger partial charge in [-0.05, 0) is 88.0 Å². The smallest absolute Gasteiger partial charge is 0.135 e. The van der Waals surface area contributed by atoms with Crippen molar-refractivity contribution in [3.05, 3.63) is 176 Å². The average Bonchev–Trinajstić information content (AvgIpc) is 3.48. The van der Waals surface area contributed by atoms with E-state index < -0.39 is 0 Å². The fourth-order valence-electron chi connectivity index (χ4n) is 6.07. The number of hydrogen-bond donors (Lipinski definition) is 0. The summed E-state index contributed by atoms with van der Waals surface area (Å²) in [5.74, 6) is 0. The summed E-state index contributed by atoms with van der Waals surface area (Å²) in [5.41, 5.74) is 12.1. The molecule has 0 amide bonds. The Morgan fingerprint density at radius 3 is 1.39 bits per heavy atom. The van der Waals surface area contributed by atoms with Crippen LogP contribution in [0, 0.1) is 0 Å². The van der Waals surface area contributed by atoms with Gasteiger partial charge in [0.25, 0.3) is 0 Å². The molecule has 0 aliphatic carbocycles. The lowest BCUT2D eigenvalue weighted by Crippen LogP contribution is -2.10. The first-order valence-corrected chi connectivity index (χ1v) is 14.9. The van der Waals surface area contributed by atoms with Crippen molar-refractivity contribution in [2.75, 3.05) is 4.90 Å². The van der Waals surface area contributed by atoms with Crippen LogP contribution in [0.25, 0.3) is 55.3 Å². The van der Waals surface area contributed by atoms with Crippen LogP contribution in [0.3, 0.4) is 0 Å². The van der Waals surface area contributed by atoms with Gasteiger partial charge < -0.3 is 9.32 Å². The summed E-state index contributed by atoms with van der Waals surface area (Å²) in [6, 6.07) is 62.3. The lowest BCUT2D eigenvalue weighted by molar-refractivity contribution is 0.669. The zero-order valence-electron chi connectivity index (χ0n) is 24.1. The van der Waals surface area contributed by atoms with Crippen molar-refractivity contribution >= 4 is 39.0 Å². The summed E-state index contributed by atoms with van der Waals surface area (Å²) in [7, 11) is 0. The molecule has 208 valence electrons. The molecule has 0 spiro atoms. The van der Waals surface area contributed by atoms with Gasteiger partial charge in [0, 0.05) is 27.8 Å². The van der Waals surface area contributed by atoms with Gasteiger partial charge in [-0.2, -0.15) is 0 Å². The number of anilines is 3. The molecule has 8 rings (SSSR count). The summed E-state index contributed by atoms with van der Waals surface area (Å²) in [6.07, 6.45) is 0. The van der Waals surface area contributed by atoms with E-state index in [9.17, 15) is 0 Å². The Balaban J connectivity index is 1.35. The van der Waals surface area contributed by atoms with Crippen LogP contribution in [0.4, 0.5) is 17.1 Å². The minimum atomic E-state index is 0.886. The zero-order valence-corrected chi connectivity index (χ0v) is 24.1. The fraction of sp³-hybridized carbons (Fsp3) is 0. The van der Waals surface area contributed by atoms with Crippen LogP contribution < -0.4 is 4.90 Å². The highest BCUT2D eigenvalue weighted by Gasteiger charge is 2.18. The molecule has 2 heteroatoms. The van der Waals surface area contributed by atoms with Gasteiger partial charge in [-0.15, -0.1) is 0 Å². The molecule has 8 aromatic rings. The molecule has 0 atom stereocenters. The van der Waals surface area contributed by atoms with Crippen molar-refractivity contribution < 1.29 is 4.42 Å². The summed E-state index contributed by atoms with van der Waals surface area (Å²) < 4.78 is 6.20. The Morgan fingerprint density at radius 2 is 0.773 bits per heavy atom. The van der Waals surface area contributed by atoms with Gasteiger partial charge in [-0.3, -0.25) is 0 Å². The van der Waals surface area contributed by atoms with E-state index in [1.165, 1.54) is 33.4 Å². The first-order chi connectivity index (χ1) is 21.8. The van der Waals surface area contributed by atoms with Crippen molar-refractivity contribution in [2.24, 2.45) is 0 Å². The number of benzene rings is 7. The Morgan fingerprint density at radius 1 is 0.295 bits per heavy atom. The Bertz CT molecular complexity index is 2140. The van der Waals surface area contributed by atoms with Crippen LogP contribution in [-0.4, -0.2) is 0 Å². The second kappa shape index (κ2) is 11.1. The predicted octanol–water partition coefficient (Wildman–Crippen LogP) is 12.1. The van der Waals surface area contributed by atoms with E-state index in [1.54, 1.807) is 0 Å². The fourth-order valence-corrected chi connectivity index (χ4v) is 6.07. The zero-order chi connectivity index (χ0) is 29.3. The lowest BCUT2D eigenvalue weighted by atomic mass is 9.97. The van der Waals surface area contributed by atoms with Gasteiger partial charge in [-0.1, -0.05) is 121 Å². The second-order valence-corrected chi connectivity index (χ2v) is 11.0. The van der Waals surface area contributed by atoms with Crippen LogP contribution in [0.15, 0.2) is 180 Å². The van der Waals surface area contributed by atoms with Gasteiger partial charge in [0.15, 0.2) is 0 Å². The Hall–Kier alpha value is -5.86. The maximum absolute atomic E-state index is 6.20. The Kier molecular flexibility index (Phi) is 6.51. The van der Waals surface area contributed by atoms with Gasteiger partial charge in [0.2, 0.25) is 0 Å². The number of nitrogens with zero attached hydrogens (tertiary/aromatic N) is 1. The number of rotatable bonds is 6. The molecule has 1 aromatic heterocycles. The molecule has 0 bridgehead atoms. The molecule has 1 heterocycles. The van der Waals surface area contributed by atoms with E-state index in [-0.39, 0.29) is 0 Å². The molecule has 0 aliphatic rings. The van der Waals surface area contributed by atoms with Gasteiger partial charge in [0.05, 0.1) is 0 Å². The third-order valence-electron chi connectivity index (χ3n) is 8.24. The monoisotopic (exact) mass is 563 g/mol. The van der Waals surface area contributed by atoms with E-state index in [2.05, 4.69) is 169 Å². The van der Waals surface area contributed by atoms with Crippen LogP contribution in [-0.2, 0) is 0 Å². The van der Waals surface area contributed by atoms with Gasteiger partial charge in [0.1, 0.15) is 11.2 Å². The molecule has 44 heavy (non-hydrogen) atoms. The van der Waals surface area contributed by atoms with Crippen LogP contribution in [0.5, 0.6) is 0 Å². The molecular weight excluding hydrogens is 534 g/mol. The summed E-state index contributed by atoms with van der Waals surface area (Å²) in [5, 5.41) is 2.22. The first kappa shape index (κ1) is 25.8. The molecular formula is C42H29NO. The van der Waals surface area contributed by atoms with Crippen LogP contribution >= 0.6 is 0 Å². The SMILES string of the molecule is c1ccc(-c2ccc(N(c3cc(-c4ccccc4)cc(-c4ccccc4)c3)c3ccc4oc5ccccc5c4c3)cc2)cc1. The first-order valence-electron chi connectivity index (χ1n) is 14.9. The number of hydrogen-bond acceptors (Lipinski definition) is 2. The normalized spacial score (nSPS) is 11.2. The molecule has 0 unspecified atom stereocenters. The number of fused-ring (bicyclic) bond motifs is 3. The van der Waals surface area contributed by atoms with Gasteiger partial charge >= 0.3 is 0 Å². The summed E-state index contributed by atoms with van der Waals surface area (Å²) in [6.45, 7) is 0. The second-order valence-electron chi connectivity index (χ2n) is 11.0. The summed E-state index contributed by atoms with van der Waals surface area (Å²) in [4.78, 5) is 2.36. The highest BCUT2D eigenvalue weighted by Crippen LogP contribution is 2.42. The van der Waals surface area contributed by atoms with Crippen molar-refractivity contribution in [2.45, 2.75) is 0 Å². The minimum absolute atomic E-state index is 0.886. The topological polar surface area (TPSA) is 16.4 Å². The third-order valence-corrected chi connectivity index (χ3v) is 8.24. The molecule has 0 aliphatic heterocycles. The average molecular weight is 564 g/mol. The van der Waals surface area contributed by atoms with Crippen LogP contribution in [0.1, 0.15) is 0 Å². The lowest BCUT2D eigenvalue weighted by Gasteiger charge is -2.27. The molecule has 7 aromatic carbocycles. The van der Waals surface area contributed by atoms with Gasteiger partial charge in [-0.25, -0.2) is 0 Å². The largest absolute Gasteiger partial charge is 0.456 e. The molecule has 0 N–H and O–H groups in total. The van der Waals surface area contributed by atoms with Crippen molar-refractivity contribution in [3.8, 4) is 33.4 Å². The Labute approximate surface area is 257 Å². The van der Waals surface area contributed by atoms with Crippen LogP contribution in [0.2, 0.25) is 0 Å². The molecule has 2 nitrogen and oxygen atoms in total. The highest BCUT2D eigenvalue weighted by molar-refractivity contribution is 6.06. The third kappa shape index (κ3) is 4.83. The molecule has 0 saturated heterocycles. The highest BCUT2D eigenvalue weighted by atomic mass is 16.3. The standard InChI is InChI=1S/C42H29NO/c1-4-12-30(13-5-1)33-20-22-36(23-21-33)43(37-24-25-42-40(29-37)39-18-10-11-19-41(39)44-42)38-27-34(31-14-6-2-7-15-31)26-35(28-38)32-16-8-3-9-17-32/h1-29H. The van der Waals surface area contributed by atoms with E-state index in [0.29, 0.717) is 0 Å². The van der Waals surface area contributed by atoms with Crippen molar-refractivity contribution in [3.63, 3.8) is 0 Å². The van der Waals surface area contributed by atoms with E-state index in [4.69, 9.17) is 4.42 Å². The molecule has 0 fully saturated rings. The number of furan rings is 1. The summed E-state index contributed by atoms with van der Waals surface area (Å²) >= 11 is 0. The quantitative estimate of drug-likeness (QED) is 0.200. The number of para-hydroxylation sites is 1. The van der Waals surface area contributed by atoms with E-state index in [1.807, 2.05) is 12.1 Å². The minimum Gasteiger partial charge on any atom is -0.456 e. The maximum atomic E-state index is 6.20. The predicted molar refractivity (Wildman–Crippen MR) is 185 cm³/mol. The van der Waals surface area contributed by atoms with E-state index >= 15 is 0 Å². The molecule has 0 saturated carbocycles.